The lowest BCUT2D eigenvalue weighted by Crippen LogP contribution is -2.14. The van der Waals surface area contributed by atoms with Crippen molar-refractivity contribution in [3.63, 3.8) is 0 Å². The van der Waals surface area contributed by atoms with E-state index in [-0.39, 0.29) is 5.78 Å². The quantitative estimate of drug-likeness (QED) is 0.790. The highest BCUT2D eigenvalue weighted by Gasteiger charge is 2.22. The maximum absolute atomic E-state index is 12.7. The molecule has 1 aliphatic carbocycles. The summed E-state index contributed by atoms with van der Waals surface area (Å²) in [7, 11) is 1.64. The SMILES string of the molecule is CCOc1ccc(/C=C2\CCc3cc(OC)ccc3C2=O)cc1. The van der Waals surface area contributed by atoms with Gasteiger partial charge in [-0.25, -0.2) is 0 Å². The third-order valence-electron chi connectivity index (χ3n) is 4.04. The normalized spacial score (nSPS) is 15.4. The Morgan fingerprint density at radius 3 is 2.48 bits per heavy atom. The summed E-state index contributed by atoms with van der Waals surface area (Å²) in [5, 5.41) is 0. The molecule has 2 aromatic rings. The Labute approximate surface area is 136 Å². The van der Waals surface area contributed by atoms with E-state index in [0.717, 1.165) is 46.6 Å². The van der Waals surface area contributed by atoms with Gasteiger partial charge in [-0.2, -0.15) is 0 Å². The zero-order chi connectivity index (χ0) is 16.2. The summed E-state index contributed by atoms with van der Waals surface area (Å²) < 4.78 is 10.7. The first kappa shape index (κ1) is 15.3. The maximum Gasteiger partial charge on any atom is 0.189 e. The molecular formula is C20H20O3. The minimum Gasteiger partial charge on any atom is -0.497 e. The smallest absolute Gasteiger partial charge is 0.189 e. The maximum atomic E-state index is 12.7. The first-order valence-electron chi connectivity index (χ1n) is 7.86. The lowest BCUT2D eigenvalue weighted by atomic mass is 9.86. The molecule has 0 spiro atoms. The molecule has 0 amide bonds. The van der Waals surface area contributed by atoms with E-state index in [1.165, 1.54) is 0 Å². The van der Waals surface area contributed by atoms with Gasteiger partial charge in [0.25, 0.3) is 0 Å². The number of Topliss-reactive ketones (excluding diaryl/α,β-unsaturated/α-hetero) is 1. The van der Waals surface area contributed by atoms with E-state index < -0.39 is 0 Å². The zero-order valence-corrected chi connectivity index (χ0v) is 13.5. The molecule has 118 valence electrons. The molecule has 0 aromatic heterocycles. The van der Waals surface area contributed by atoms with Gasteiger partial charge in [-0.05, 0) is 67.3 Å². The van der Waals surface area contributed by atoms with Crippen LogP contribution in [0, 0.1) is 0 Å². The van der Waals surface area contributed by atoms with Crippen LogP contribution in [0.5, 0.6) is 11.5 Å². The molecule has 0 radical (unpaired) electrons. The van der Waals surface area contributed by atoms with Gasteiger partial charge >= 0.3 is 0 Å². The summed E-state index contributed by atoms with van der Waals surface area (Å²) in [5.74, 6) is 1.76. The first-order chi connectivity index (χ1) is 11.2. The zero-order valence-electron chi connectivity index (χ0n) is 13.5. The second-order valence-electron chi connectivity index (χ2n) is 5.52. The molecule has 23 heavy (non-hydrogen) atoms. The molecule has 3 heteroatoms. The van der Waals surface area contributed by atoms with Gasteiger partial charge in [0.05, 0.1) is 13.7 Å². The van der Waals surface area contributed by atoms with Gasteiger partial charge < -0.3 is 9.47 Å². The largest absolute Gasteiger partial charge is 0.497 e. The summed E-state index contributed by atoms with van der Waals surface area (Å²) in [4.78, 5) is 12.7. The minimum absolute atomic E-state index is 0.114. The van der Waals surface area contributed by atoms with Crippen LogP contribution in [0.2, 0.25) is 0 Å². The molecule has 0 saturated carbocycles. The molecule has 0 aliphatic heterocycles. The number of fused-ring (bicyclic) bond motifs is 1. The Kier molecular flexibility index (Phi) is 4.47. The van der Waals surface area contributed by atoms with E-state index >= 15 is 0 Å². The van der Waals surface area contributed by atoms with Crippen LogP contribution in [-0.2, 0) is 6.42 Å². The fraction of sp³-hybridized carbons (Fsp3) is 0.250. The number of methoxy groups -OCH3 is 1. The minimum atomic E-state index is 0.114. The summed E-state index contributed by atoms with van der Waals surface area (Å²) in [6, 6.07) is 13.5. The third-order valence-corrected chi connectivity index (χ3v) is 4.04. The van der Waals surface area contributed by atoms with Gasteiger partial charge in [0, 0.05) is 11.1 Å². The number of rotatable bonds is 4. The lowest BCUT2D eigenvalue weighted by molar-refractivity contribution is 0.102. The Hall–Kier alpha value is -2.55. The highest BCUT2D eigenvalue weighted by molar-refractivity contribution is 6.13. The van der Waals surface area contributed by atoms with E-state index in [1.807, 2.05) is 55.5 Å². The summed E-state index contributed by atoms with van der Waals surface area (Å²) in [5.41, 5.74) is 3.73. The molecule has 3 rings (SSSR count). The van der Waals surface area contributed by atoms with Crippen LogP contribution in [-0.4, -0.2) is 19.5 Å². The van der Waals surface area contributed by atoms with Crippen molar-refractivity contribution in [2.75, 3.05) is 13.7 Å². The predicted octanol–water partition coefficient (Wildman–Crippen LogP) is 4.31. The lowest BCUT2D eigenvalue weighted by Gasteiger charge is -2.18. The highest BCUT2D eigenvalue weighted by Crippen LogP contribution is 2.29. The second-order valence-corrected chi connectivity index (χ2v) is 5.52. The molecule has 1 aliphatic rings. The van der Waals surface area contributed by atoms with Gasteiger partial charge in [0.1, 0.15) is 11.5 Å². The van der Waals surface area contributed by atoms with Crippen LogP contribution in [0.3, 0.4) is 0 Å². The van der Waals surface area contributed by atoms with Gasteiger partial charge in [-0.3, -0.25) is 4.79 Å². The molecule has 0 unspecified atom stereocenters. The van der Waals surface area contributed by atoms with Crippen LogP contribution in [0.4, 0.5) is 0 Å². The standard InChI is InChI=1S/C20H20O3/c1-3-23-17-8-4-14(5-9-17)12-16-7-6-15-13-18(22-2)10-11-19(15)20(16)21/h4-5,8-13H,3,6-7H2,1-2H3/b16-12+. The number of ketones is 1. The number of allylic oxidation sites excluding steroid dienone is 1. The number of benzene rings is 2. The van der Waals surface area contributed by atoms with Crippen molar-refractivity contribution in [2.45, 2.75) is 19.8 Å². The molecule has 0 atom stereocenters. The monoisotopic (exact) mass is 308 g/mol. The van der Waals surface area contributed by atoms with E-state index in [0.29, 0.717) is 6.61 Å². The van der Waals surface area contributed by atoms with Crippen molar-refractivity contribution >= 4 is 11.9 Å². The third kappa shape index (κ3) is 3.29. The fourth-order valence-electron chi connectivity index (χ4n) is 2.85. The van der Waals surface area contributed by atoms with Crippen molar-refractivity contribution in [1.29, 1.82) is 0 Å². The first-order valence-corrected chi connectivity index (χ1v) is 7.86. The van der Waals surface area contributed by atoms with Crippen LogP contribution in [0.25, 0.3) is 6.08 Å². The summed E-state index contributed by atoms with van der Waals surface area (Å²) >= 11 is 0. The van der Waals surface area contributed by atoms with Gasteiger partial charge in [-0.15, -0.1) is 0 Å². The van der Waals surface area contributed by atoms with Gasteiger partial charge in [-0.1, -0.05) is 12.1 Å². The van der Waals surface area contributed by atoms with Crippen LogP contribution in [0.1, 0.15) is 34.8 Å². The molecule has 0 N–H and O–H groups in total. The van der Waals surface area contributed by atoms with Crippen LogP contribution in [0.15, 0.2) is 48.0 Å². The van der Waals surface area contributed by atoms with Gasteiger partial charge in [0.2, 0.25) is 0 Å². The number of hydrogen-bond acceptors (Lipinski definition) is 3. The molecule has 0 bridgehead atoms. The number of carbonyl (C=O) groups is 1. The highest BCUT2D eigenvalue weighted by atomic mass is 16.5. The molecule has 2 aromatic carbocycles. The van der Waals surface area contributed by atoms with Crippen molar-refractivity contribution < 1.29 is 14.3 Å². The number of carbonyl (C=O) groups excluding carboxylic acids is 1. The van der Waals surface area contributed by atoms with Crippen LogP contribution < -0.4 is 9.47 Å². The Bertz CT molecular complexity index is 742. The van der Waals surface area contributed by atoms with Crippen molar-refractivity contribution in [1.82, 2.24) is 0 Å². The summed E-state index contributed by atoms with van der Waals surface area (Å²) in [6.45, 7) is 2.61. The molecular weight excluding hydrogens is 288 g/mol. The average molecular weight is 308 g/mol. The number of ether oxygens (including phenoxy) is 2. The van der Waals surface area contributed by atoms with Crippen LogP contribution >= 0.6 is 0 Å². The van der Waals surface area contributed by atoms with E-state index in [9.17, 15) is 4.79 Å². The topological polar surface area (TPSA) is 35.5 Å². The van der Waals surface area contributed by atoms with E-state index in [1.54, 1.807) is 7.11 Å². The number of aryl methyl sites for hydroxylation is 1. The average Bonchev–Trinajstić information content (AvgIpc) is 2.59. The van der Waals surface area contributed by atoms with E-state index in [2.05, 4.69) is 0 Å². The predicted molar refractivity (Wildman–Crippen MR) is 91.2 cm³/mol. The molecule has 0 heterocycles. The number of hydrogen-bond donors (Lipinski definition) is 0. The Morgan fingerprint density at radius 2 is 1.78 bits per heavy atom. The molecule has 0 saturated heterocycles. The van der Waals surface area contributed by atoms with Crippen molar-refractivity contribution in [2.24, 2.45) is 0 Å². The van der Waals surface area contributed by atoms with Crippen molar-refractivity contribution in [3.8, 4) is 11.5 Å². The Morgan fingerprint density at radius 1 is 1.04 bits per heavy atom. The van der Waals surface area contributed by atoms with E-state index in [4.69, 9.17) is 9.47 Å². The summed E-state index contributed by atoms with van der Waals surface area (Å²) in [6.07, 6.45) is 3.60. The van der Waals surface area contributed by atoms with Crippen molar-refractivity contribution in [3.05, 3.63) is 64.7 Å². The Balaban J connectivity index is 1.85. The second kappa shape index (κ2) is 6.69. The fourth-order valence-corrected chi connectivity index (χ4v) is 2.85. The molecule has 0 fully saturated rings. The van der Waals surface area contributed by atoms with Gasteiger partial charge in [0.15, 0.2) is 5.78 Å². The molecule has 3 nitrogen and oxygen atoms in total.